The standard InChI is InChI=1S/C22H32N2O4/c25-18-5-3-17(4-6-18)12-21(27)24-10-7-22(8-11-24)13-20(28-16-22)15-23-9-1-2-19(26)14-23/h3-6,19-20,25-26H,1-2,7-16H2/t19-,20-/m0/s1. The van der Waals surface area contributed by atoms with Gasteiger partial charge in [0.2, 0.25) is 5.91 Å². The largest absolute Gasteiger partial charge is 0.508 e. The minimum atomic E-state index is -0.188. The number of amides is 1. The van der Waals surface area contributed by atoms with Gasteiger partial charge in [0.25, 0.3) is 0 Å². The molecule has 3 heterocycles. The molecule has 154 valence electrons. The molecule has 28 heavy (non-hydrogen) atoms. The van der Waals surface area contributed by atoms with E-state index in [0.717, 1.165) is 77.0 Å². The number of carbonyl (C=O) groups excluding carboxylic acids is 1. The average Bonchev–Trinajstić information content (AvgIpc) is 3.06. The molecule has 0 aliphatic carbocycles. The third-order valence-electron chi connectivity index (χ3n) is 6.70. The van der Waals surface area contributed by atoms with Crippen LogP contribution in [0.5, 0.6) is 5.75 Å². The Balaban J connectivity index is 1.24. The summed E-state index contributed by atoms with van der Waals surface area (Å²) < 4.78 is 6.14. The molecule has 4 rings (SSSR count). The molecule has 2 atom stereocenters. The zero-order chi connectivity index (χ0) is 19.6. The SMILES string of the molecule is O=C(Cc1ccc(O)cc1)N1CCC2(CC1)CO[C@H](CN1CCC[C@H](O)C1)C2. The number of piperidine rings is 2. The van der Waals surface area contributed by atoms with Crippen molar-refractivity contribution >= 4 is 5.91 Å². The number of aromatic hydroxyl groups is 1. The van der Waals surface area contributed by atoms with Crippen LogP contribution in [0.3, 0.4) is 0 Å². The van der Waals surface area contributed by atoms with Crippen molar-refractivity contribution in [1.82, 2.24) is 9.80 Å². The van der Waals surface area contributed by atoms with Crippen LogP contribution in [-0.4, -0.2) is 77.5 Å². The number of carbonyl (C=O) groups is 1. The molecule has 1 amide bonds. The summed E-state index contributed by atoms with van der Waals surface area (Å²) in [5.74, 6) is 0.393. The molecule has 3 fully saturated rings. The summed E-state index contributed by atoms with van der Waals surface area (Å²) in [5.41, 5.74) is 1.16. The number of benzene rings is 1. The predicted octanol–water partition coefficient (Wildman–Crippen LogP) is 1.79. The van der Waals surface area contributed by atoms with E-state index in [1.807, 2.05) is 17.0 Å². The van der Waals surface area contributed by atoms with E-state index in [1.165, 1.54) is 0 Å². The first-order valence-electron chi connectivity index (χ1n) is 10.6. The van der Waals surface area contributed by atoms with Crippen molar-refractivity contribution in [1.29, 1.82) is 0 Å². The highest BCUT2D eigenvalue weighted by Crippen LogP contribution is 2.42. The number of nitrogens with zero attached hydrogens (tertiary/aromatic N) is 2. The lowest BCUT2D eigenvalue weighted by atomic mass is 9.76. The van der Waals surface area contributed by atoms with Gasteiger partial charge in [-0.3, -0.25) is 9.69 Å². The van der Waals surface area contributed by atoms with E-state index in [0.29, 0.717) is 6.42 Å². The number of β-amino-alcohol motifs (C(OH)–C–C–N with tert-alkyl or cyclic N) is 1. The number of phenols is 1. The second-order valence-electron chi connectivity index (χ2n) is 8.92. The van der Waals surface area contributed by atoms with Crippen LogP contribution in [0.25, 0.3) is 0 Å². The highest BCUT2D eigenvalue weighted by atomic mass is 16.5. The molecule has 6 heteroatoms. The van der Waals surface area contributed by atoms with Crippen molar-refractivity contribution < 1.29 is 19.7 Å². The Hall–Kier alpha value is -1.63. The summed E-state index contributed by atoms with van der Waals surface area (Å²) in [4.78, 5) is 16.9. The Kier molecular flexibility index (Phi) is 5.90. The molecule has 0 unspecified atom stereocenters. The Morgan fingerprint density at radius 1 is 1.18 bits per heavy atom. The molecule has 0 radical (unpaired) electrons. The zero-order valence-corrected chi connectivity index (χ0v) is 16.6. The van der Waals surface area contributed by atoms with Gasteiger partial charge in [-0.15, -0.1) is 0 Å². The Morgan fingerprint density at radius 2 is 1.93 bits per heavy atom. The summed E-state index contributed by atoms with van der Waals surface area (Å²) in [6.45, 7) is 5.15. The number of likely N-dealkylation sites (tertiary alicyclic amines) is 2. The van der Waals surface area contributed by atoms with Gasteiger partial charge in [-0.2, -0.15) is 0 Å². The van der Waals surface area contributed by atoms with E-state index in [-0.39, 0.29) is 29.3 Å². The fourth-order valence-corrected chi connectivity index (χ4v) is 4.98. The van der Waals surface area contributed by atoms with E-state index in [4.69, 9.17) is 4.74 Å². The van der Waals surface area contributed by atoms with Gasteiger partial charge >= 0.3 is 0 Å². The van der Waals surface area contributed by atoms with Gasteiger partial charge in [-0.05, 0) is 61.8 Å². The van der Waals surface area contributed by atoms with Gasteiger partial charge in [-0.1, -0.05) is 12.1 Å². The fraction of sp³-hybridized carbons (Fsp3) is 0.682. The summed E-state index contributed by atoms with van der Waals surface area (Å²) in [6, 6.07) is 6.88. The van der Waals surface area contributed by atoms with Gasteiger partial charge in [0.1, 0.15) is 5.75 Å². The summed E-state index contributed by atoms with van der Waals surface area (Å²) in [5, 5.41) is 19.2. The van der Waals surface area contributed by atoms with E-state index >= 15 is 0 Å². The van der Waals surface area contributed by atoms with Crippen molar-refractivity contribution in [3.63, 3.8) is 0 Å². The van der Waals surface area contributed by atoms with Crippen molar-refractivity contribution in [2.75, 3.05) is 39.3 Å². The van der Waals surface area contributed by atoms with E-state index in [9.17, 15) is 15.0 Å². The zero-order valence-electron chi connectivity index (χ0n) is 16.6. The molecular formula is C22H32N2O4. The number of aliphatic hydroxyl groups is 1. The topological polar surface area (TPSA) is 73.2 Å². The van der Waals surface area contributed by atoms with Gasteiger partial charge in [-0.25, -0.2) is 0 Å². The van der Waals surface area contributed by atoms with Crippen LogP contribution in [0.2, 0.25) is 0 Å². The maximum Gasteiger partial charge on any atom is 0.226 e. The van der Waals surface area contributed by atoms with Crippen LogP contribution >= 0.6 is 0 Å². The summed E-state index contributed by atoms with van der Waals surface area (Å²) >= 11 is 0. The van der Waals surface area contributed by atoms with Gasteiger partial charge in [0, 0.05) is 26.2 Å². The smallest absolute Gasteiger partial charge is 0.226 e. The molecule has 1 aromatic carbocycles. The lowest BCUT2D eigenvalue weighted by Crippen LogP contribution is -2.44. The Labute approximate surface area is 167 Å². The highest BCUT2D eigenvalue weighted by Gasteiger charge is 2.43. The molecule has 3 saturated heterocycles. The van der Waals surface area contributed by atoms with Crippen LogP contribution in [0.1, 0.15) is 37.7 Å². The first-order valence-corrected chi connectivity index (χ1v) is 10.6. The summed E-state index contributed by atoms with van der Waals surface area (Å²) in [6.07, 6.45) is 5.53. The quantitative estimate of drug-likeness (QED) is 0.823. The first-order chi connectivity index (χ1) is 13.5. The van der Waals surface area contributed by atoms with Crippen LogP contribution < -0.4 is 0 Å². The molecule has 0 aromatic heterocycles. The second kappa shape index (κ2) is 8.39. The van der Waals surface area contributed by atoms with Gasteiger partial charge in [0.15, 0.2) is 0 Å². The maximum atomic E-state index is 12.6. The number of aliphatic hydroxyl groups excluding tert-OH is 1. The number of ether oxygens (including phenoxy) is 1. The van der Waals surface area contributed by atoms with Crippen LogP contribution in [0, 0.1) is 5.41 Å². The second-order valence-corrected chi connectivity index (χ2v) is 8.92. The third kappa shape index (κ3) is 4.67. The van der Waals surface area contributed by atoms with Crippen molar-refractivity contribution in [2.45, 2.75) is 50.7 Å². The molecule has 3 aliphatic heterocycles. The van der Waals surface area contributed by atoms with Crippen LogP contribution in [0.4, 0.5) is 0 Å². The number of phenolic OH excluding ortho intramolecular Hbond substituents is 1. The van der Waals surface area contributed by atoms with Crippen molar-refractivity contribution in [2.24, 2.45) is 5.41 Å². The Morgan fingerprint density at radius 3 is 2.64 bits per heavy atom. The molecule has 2 N–H and O–H groups in total. The lowest BCUT2D eigenvalue weighted by Gasteiger charge is -2.38. The third-order valence-corrected chi connectivity index (χ3v) is 6.70. The lowest BCUT2D eigenvalue weighted by molar-refractivity contribution is -0.132. The highest BCUT2D eigenvalue weighted by molar-refractivity contribution is 5.78. The minimum Gasteiger partial charge on any atom is -0.508 e. The number of hydrogen-bond acceptors (Lipinski definition) is 5. The Bertz CT molecular complexity index is 670. The van der Waals surface area contributed by atoms with E-state index < -0.39 is 0 Å². The maximum absolute atomic E-state index is 12.6. The minimum absolute atomic E-state index is 0.165. The van der Waals surface area contributed by atoms with Gasteiger partial charge in [0.05, 0.1) is 25.2 Å². The molecule has 0 bridgehead atoms. The predicted molar refractivity (Wildman–Crippen MR) is 106 cm³/mol. The summed E-state index contributed by atoms with van der Waals surface area (Å²) in [7, 11) is 0. The monoisotopic (exact) mass is 388 g/mol. The molecule has 3 aliphatic rings. The normalized spacial score (nSPS) is 28.0. The number of rotatable bonds is 4. The van der Waals surface area contributed by atoms with E-state index in [1.54, 1.807) is 12.1 Å². The fourth-order valence-electron chi connectivity index (χ4n) is 4.98. The number of hydrogen-bond donors (Lipinski definition) is 2. The van der Waals surface area contributed by atoms with Crippen molar-refractivity contribution in [3.05, 3.63) is 29.8 Å². The first kappa shape index (κ1) is 19.7. The molecule has 1 spiro atoms. The molecule has 0 saturated carbocycles. The van der Waals surface area contributed by atoms with Crippen LogP contribution in [-0.2, 0) is 16.0 Å². The molecule has 1 aromatic rings. The van der Waals surface area contributed by atoms with Crippen LogP contribution in [0.15, 0.2) is 24.3 Å². The molecule has 6 nitrogen and oxygen atoms in total. The van der Waals surface area contributed by atoms with Crippen molar-refractivity contribution in [3.8, 4) is 5.75 Å². The average molecular weight is 389 g/mol. The molecular weight excluding hydrogens is 356 g/mol. The van der Waals surface area contributed by atoms with E-state index in [2.05, 4.69) is 4.90 Å². The van der Waals surface area contributed by atoms with Gasteiger partial charge < -0.3 is 19.8 Å².